The van der Waals surface area contributed by atoms with Crippen LogP contribution in [0.1, 0.15) is 29.4 Å². The minimum absolute atomic E-state index is 0.303. The topological polar surface area (TPSA) is 105 Å². The molecule has 0 radical (unpaired) electrons. The first-order chi connectivity index (χ1) is 19.0. The van der Waals surface area contributed by atoms with E-state index in [2.05, 4.69) is 33.3 Å². The van der Waals surface area contributed by atoms with Crippen LogP contribution in [0.2, 0.25) is 0 Å². The Balaban J connectivity index is 1.33. The number of hydrogen-bond donors (Lipinski definition) is 1. The van der Waals surface area contributed by atoms with E-state index in [-0.39, 0.29) is 5.69 Å². The van der Waals surface area contributed by atoms with Gasteiger partial charge in [-0.15, -0.1) is 10.2 Å². The Labute approximate surface area is 231 Å². The first-order valence-electron chi connectivity index (χ1n) is 12.8. The monoisotopic (exact) mass is 577 g/mol. The third-order valence-electron chi connectivity index (χ3n) is 6.35. The van der Waals surface area contributed by atoms with E-state index in [0.717, 1.165) is 36.5 Å². The maximum atomic E-state index is 12.3. The Hall–Kier alpha value is -3.71. The van der Waals surface area contributed by atoms with Crippen molar-refractivity contribution in [3.63, 3.8) is 0 Å². The van der Waals surface area contributed by atoms with Crippen LogP contribution in [0.5, 0.6) is 5.75 Å². The molecule has 0 bridgehead atoms. The lowest BCUT2D eigenvalue weighted by atomic mass is 9.99. The lowest BCUT2D eigenvalue weighted by Crippen LogP contribution is -2.46. The number of piperazine rings is 1. The van der Waals surface area contributed by atoms with Crippen molar-refractivity contribution in [1.82, 2.24) is 19.8 Å². The molecule has 2 aromatic carbocycles. The zero-order valence-electron chi connectivity index (χ0n) is 21.9. The molecule has 0 aliphatic carbocycles. The van der Waals surface area contributed by atoms with Gasteiger partial charge in [-0.2, -0.15) is 13.2 Å². The molecule has 1 fully saturated rings. The van der Waals surface area contributed by atoms with E-state index in [4.69, 9.17) is 4.74 Å². The van der Waals surface area contributed by atoms with Crippen LogP contribution in [0.3, 0.4) is 0 Å². The molecule has 1 aromatic heterocycles. The zero-order valence-corrected chi connectivity index (χ0v) is 22.7. The molecule has 1 amide bonds. The quantitative estimate of drug-likeness (QED) is 0.387. The summed E-state index contributed by atoms with van der Waals surface area (Å²) in [5, 5.41) is 7.82. The highest BCUT2D eigenvalue weighted by Crippen LogP contribution is 2.28. The first-order valence-corrected chi connectivity index (χ1v) is 14.4. The predicted molar refractivity (Wildman–Crippen MR) is 144 cm³/mol. The van der Waals surface area contributed by atoms with E-state index in [9.17, 15) is 26.4 Å². The average Bonchev–Trinajstić information content (AvgIpc) is 2.93. The second-order valence-electron chi connectivity index (χ2n) is 9.27. The van der Waals surface area contributed by atoms with Gasteiger partial charge in [0.25, 0.3) is 5.91 Å². The number of benzene rings is 2. The zero-order chi connectivity index (χ0) is 28.8. The van der Waals surface area contributed by atoms with Gasteiger partial charge in [0.1, 0.15) is 5.75 Å². The van der Waals surface area contributed by atoms with Crippen molar-refractivity contribution in [3.05, 3.63) is 71.9 Å². The number of anilines is 1. The summed E-state index contributed by atoms with van der Waals surface area (Å²) in [5.41, 5.74) is 3.13. The molecule has 1 saturated heterocycles. The second-order valence-corrected chi connectivity index (χ2v) is 11.1. The second kappa shape index (κ2) is 12.6. The minimum Gasteiger partial charge on any atom is -0.494 e. The van der Waals surface area contributed by atoms with Crippen molar-refractivity contribution >= 4 is 21.7 Å². The van der Waals surface area contributed by atoms with Gasteiger partial charge in [-0.25, -0.2) is 13.1 Å². The smallest absolute Gasteiger partial charge is 0.390 e. The molecule has 1 N–H and O–H groups in total. The van der Waals surface area contributed by atoms with Crippen molar-refractivity contribution in [2.75, 3.05) is 43.4 Å². The molecule has 1 aliphatic heterocycles. The molecular formula is C27H30F3N5O4S. The van der Waals surface area contributed by atoms with E-state index >= 15 is 0 Å². The van der Waals surface area contributed by atoms with Crippen LogP contribution in [0, 0.1) is 0 Å². The van der Waals surface area contributed by atoms with Crippen LogP contribution in [-0.2, 0) is 16.6 Å². The number of carbonyl (C=O) groups excluding carboxylic acids is 1. The molecule has 0 spiro atoms. The van der Waals surface area contributed by atoms with E-state index in [1.54, 1.807) is 10.8 Å². The normalized spacial score (nSPS) is 14.7. The number of nitrogens with one attached hydrogen (secondary N) is 1. The molecule has 2 heterocycles. The van der Waals surface area contributed by atoms with Gasteiger partial charge in [0.15, 0.2) is 11.5 Å². The van der Waals surface area contributed by atoms with Crippen LogP contribution in [0.15, 0.2) is 60.7 Å². The molecule has 0 saturated carbocycles. The van der Waals surface area contributed by atoms with Crippen molar-refractivity contribution in [1.29, 1.82) is 0 Å². The Bertz CT molecular complexity index is 1410. The van der Waals surface area contributed by atoms with Crippen molar-refractivity contribution in [3.8, 4) is 16.9 Å². The lowest BCUT2D eigenvalue weighted by molar-refractivity contribution is -0.130. The minimum atomic E-state index is -4.65. The summed E-state index contributed by atoms with van der Waals surface area (Å²) in [5.74, 6) is -1.03. The van der Waals surface area contributed by atoms with Crippen LogP contribution in [-0.4, -0.2) is 74.1 Å². The Morgan fingerprint density at radius 1 is 1.00 bits per heavy atom. The lowest BCUT2D eigenvalue weighted by Gasteiger charge is -2.35. The van der Waals surface area contributed by atoms with E-state index in [0.29, 0.717) is 25.5 Å². The maximum Gasteiger partial charge on any atom is 0.390 e. The third kappa shape index (κ3) is 8.15. The molecule has 9 nitrogen and oxygen atoms in total. The molecule has 3 aromatic rings. The molecule has 0 atom stereocenters. The third-order valence-corrected chi connectivity index (χ3v) is 7.59. The Kier molecular flexibility index (Phi) is 9.25. The Morgan fingerprint density at radius 2 is 1.75 bits per heavy atom. The van der Waals surface area contributed by atoms with Gasteiger partial charge < -0.3 is 9.64 Å². The number of rotatable bonds is 10. The fourth-order valence-electron chi connectivity index (χ4n) is 4.35. The first kappa shape index (κ1) is 29.3. The molecular weight excluding hydrogens is 547 g/mol. The van der Waals surface area contributed by atoms with Gasteiger partial charge in [-0.05, 0) is 47.9 Å². The molecule has 214 valence electrons. The van der Waals surface area contributed by atoms with Crippen molar-refractivity contribution in [2.24, 2.45) is 0 Å². The highest BCUT2D eigenvalue weighted by molar-refractivity contribution is 7.90. The summed E-state index contributed by atoms with van der Waals surface area (Å²) in [6, 6.07) is 19.1. The van der Waals surface area contributed by atoms with Gasteiger partial charge >= 0.3 is 6.18 Å². The SMILES string of the molecule is CCOc1cccc(-c2ccccc2CN2CCN(c3ccc(C(=O)NS(=O)(=O)CCC(F)(F)F)nn3)CC2)c1. The number of sulfonamides is 1. The van der Waals surface area contributed by atoms with Gasteiger partial charge in [0.05, 0.1) is 18.8 Å². The van der Waals surface area contributed by atoms with Gasteiger partial charge in [-0.3, -0.25) is 9.69 Å². The summed E-state index contributed by atoms with van der Waals surface area (Å²) >= 11 is 0. The number of carbonyl (C=O) groups is 1. The van der Waals surface area contributed by atoms with Gasteiger partial charge in [0, 0.05) is 32.7 Å². The standard InChI is InChI=1S/C27H30F3N5O4S/c1-2-39-22-8-5-7-20(18-22)23-9-4-3-6-21(23)19-34-13-15-35(16-14-34)25-11-10-24(31-32-25)26(36)33-40(37,38)17-12-27(28,29)30/h3-11,18H,2,12-17,19H2,1H3,(H,33,36). The van der Waals surface area contributed by atoms with Crippen LogP contribution in [0.4, 0.5) is 19.0 Å². The van der Waals surface area contributed by atoms with Crippen molar-refractivity contribution in [2.45, 2.75) is 26.1 Å². The predicted octanol–water partition coefficient (Wildman–Crippen LogP) is 3.88. The van der Waals surface area contributed by atoms with E-state index in [1.165, 1.54) is 11.6 Å². The molecule has 1 aliphatic rings. The number of amides is 1. The fourth-order valence-corrected chi connectivity index (χ4v) is 5.33. The summed E-state index contributed by atoms with van der Waals surface area (Å²) in [7, 11) is -4.46. The van der Waals surface area contributed by atoms with E-state index in [1.807, 2.05) is 42.2 Å². The van der Waals surface area contributed by atoms with Crippen LogP contribution < -0.4 is 14.4 Å². The van der Waals surface area contributed by atoms with E-state index < -0.39 is 34.3 Å². The molecule has 4 rings (SSSR count). The summed E-state index contributed by atoms with van der Waals surface area (Å²) in [6.07, 6.45) is -6.21. The summed E-state index contributed by atoms with van der Waals surface area (Å²) < 4.78 is 67.8. The van der Waals surface area contributed by atoms with Crippen LogP contribution >= 0.6 is 0 Å². The fraction of sp³-hybridized carbons (Fsp3) is 0.370. The number of alkyl halides is 3. The summed E-state index contributed by atoms with van der Waals surface area (Å²) in [6.45, 7) is 6.15. The molecule has 40 heavy (non-hydrogen) atoms. The average molecular weight is 578 g/mol. The highest BCUT2D eigenvalue weighted by atomic mass is 32.2. The highest BCUT2D eigenvalue weighted by Gasteiger charge is 2.31. The molecule has 0 unspecified atom stereocenters. The number of ether oxygens (including phenoxy) is 1. The van der Waals surface area contributed by atoms with Gasteiger partial charge in [0.2, 0.25) is 10.0 Å². The number of hydrogen-bond acceptors (Lipinski definition) is 8. The van der Waals surface area contributed by atoms with Crippen molar-refractivity contribution < 1.29 is 31.1 Å². The molecule has 13 heteroatoms. The largest absolute Gasteiger partial charge is 0.494 e. The number of nitrogens with zero attached hydrogens (tertiary/aromatic N) is 4. The number of aromatic nitrogens is 2. The van der Waals surface area contributed by atoms with Gasteiger partial charge in [-0.1, -0.05) is 36.4 Å². The Morgan fingerprint density at radius 3 is 2.42 bits per heavy atom. The number of halogens is 3. The summed E-state index contributed by atoms with van der Waals surface area (Å²) in [4.78, 5) is 16.5. The van der Waals surface area contributed by atoms with Crippen LogP contribution in [0.25, 0.3) is 11.1 Å². The maximum absolute atomic E-state index is 12.3.